The lowest BCUT2D eigenvalue weighted by Crippen LogP contribution is -2.57. The fourth-order valence-electron chi connectivity index (χ4n) is 5.87. The van der Waals surface area contributed by atoms with Gasteiger partial charge in [0.25, 0.3) is 0 Å². The van der Waals surface area contributed by atoms with Crippen LogP contribution in [0.4, 0.5) is 5.82 Å². The lowest BCUT2D eigenvalue weighted by atomic mass is 9.91. The van der Waals surface area contributed by atoms with E-state index in [1.54, 1.807) is 0 Å². The van der Waals surface area contributed by atoms with Gasteiger partial charge in [0.1, 0.15) is 5.75 Å². The highest BCUT2D eigenvalue weighted by Crippen LogP contribution is 2.31. The third-order valence-electron chi connectivity index (χ3n) is 7.79. The van der Waals surface area contributed by atoms with E-state index in [0.29, 0.717) is 31.6 Å². The number of aromatic nitrogens is 1. The largest absolute Gasteiger partial charge is 0.493 e. The van der Waals surface area contributed by atoms with Crippen molar-refractivity contribution >= 4 is 16.8 Å². The Bertz CT molecular complexity index is 1140. The molecular formula is C27H34N4O4. The Labute approximate surface area is 205 Å². The first kappa shape index (κ1) is 22.8. The summed E-state index contributed by atoms with van der Waals surface area (Å²) in [5.74, 6) is 2.40. The van der Waals surface area contributed by atoms with Gasteiger partial charge in [-0.1, -0.05) is 29.4 Å². The van der Waals surface area contributed by atoms with Crippen molar-refractivity contribution in [2.24, 2.45) is 5.92 Å². The number of likely N-dealkylation sites (tertiary alicyclic amines) is 1. The van der Waals surface area contributed by atoms with Crippen LogP contribution in [-0.2, 0) is 6.54 Å². The third kappa shape index (κ3) is 4.89. The number of hydrogen-bond acceptors (Lipinski definition) is 8. The molecule has 186 valence electrons. The lowest BCUT2D eigenvalue weighted by Gasteiger charge is -2.46. The number of anilines is 1. The van der Waals surface area contributed by atoms with E-state index in [0.717, 1.165) is 67.3 Å². The fourth-order valence-corrected chi connectivity index (χ4v) is 5.87. The number of piperazine rings is 1. The maximum Gasteiger partial charge on any atom is 0.180 e. The molecule has 0 amide bonds. The van der Waals surface area contributed by atoms with Crippen molar-refractivity contribution in [2.45, 2.75) is 37.6 Å². The van der Waals surface area contributed by atoms with Crippen LogP contribution in [0, 0.1) is 5.92 Å². The number of fused-ring (bicyclic) bond motifs is 2. The standard InChI is InChI=1S/C27H34N4O4/c32-24-16-29(17-25(24)33)13-19-4-3-5-22(12-19)34-18-20-8-9-21-15-31(11-10-30(21)14-20)27-23-6-1-2-7-26(23)35-28-27/h1-7,12,20-21,24-25,32-33H,8-11,13-18H2/t20?,21?,24-,25+. The Morgan fingerprint density at radius 2 is 1.80 bits per heavy atom. The lowest BCUT2D eigenvalue weighted by molar-refractivity contribution is 0.0572. The molecule has 3 aromatic rings. The van der Waals surface area contributed by atoms with Crippen LogP contribution in [-0.4, -0.2) is 89.3 Å². The Balaban J connectivity index is 1.01. The van der Waals surface area contributed by atoms with E-state index in [2.05, 4.69) is 38.1 Å². The van der Waals surface area contributed by atoms with Crippen molar-refractivity contribution < 1.29 is 19.5 Å². The molecular weight excluding hydrogens is 444 g/mol. The second-order valence-electron chi connectivity index (χ2n) is 10.3. The average Bonchev–Trinajstić information content (AvgIpc) is 3.45. The average molecular weight is 479 g/mol. The first-order valence-electron chi connectivity index (χ1n) is 12.8. The summed E-state index contributed by atoms with van der Waals surface area (Å²) in [4.78, 5) is 7.08. The SMILES string of the molecule is O[C@@H]1CN(Cc2cccc(OCC3CCC4CN(c5noc6ccccc56)CCN4C3)c2)C[C@@H]1O. The van der Waals surface area contributed by atoms with Crippen LogP contribution in [0.25, 0.3) is 11.0 Å². The predicted molar refractivity (Wildman–Crippen MR) is 134 cm³/mol. The van der Waals surface area contributed by atoms with Crippen molar-refractivity contribution in [3.63, 3.8) is 0 Å². The third-order valence-corrected chi connectivity index (χ3v) is 7.79. The molecule has 2 N–H and O–H groups in total. The molecule has 0 radical (unpaired) electrons. The molecule has 1 aromatic heterocycles. The van der Waals surface area contributed by atoms with Crippen molar-refractivity contribution in [1.82, 2.24) is 15.0 Å². The molecule has 3 saturated heterocycles. The maximum absolute atomic E-state index is 9.79. The topological polar surface area (TPSA) is 85.4 Å². The smallest absolute Gasteiger partial charge is 0.180 e. The molecule has 0 spiro atoms. The summed E-state index contributed by atoms with van der Waals surface area (Å²) in [7, 11) is 0. The Morgan fingerprint density at radius 1 is 0.943 bits per heavy atom. The molecule has 3 aliphatic rings. The van der Waals surface area contributed by atoms with Gasteiger partial charge in [0.2, 0.25) is 0 Å². The minimum atomic E-state index is -0.651. The second-order valence-corrected chi connectivity index (χ2v) is 10.3. The van der Waals surface area contributed by atoms with E-state index in [4.69, 9.17) is 9.26 Å². The van der Waals surface area contributed by atoms with Crippen LogP contribution in [0.2, 0.25) is 0 Å². The van der Waals surface area contributed by atoms with E-state index in [-0.39, 0.29) is 0 Å². The zero-order chi connectivity index (χ0) is 23.8. The summed E-state index contributed by atoms with van der Waals surface area (Å²) in [6.45, 7) is 6.51. The number of para-hydroxylation sites is 1. The fraction of sp³-hybridized carbons (Fsp3) is 0.519. The molecule has 4 heterocycles. The van der Waals surface area contributed by atoms with E-state index >= 15 is 0 Å². The number of aliphatic hydroxyl groups is 2. The zero-order valence-corrected chi connectivity index (χ0v) is 20.0. The van der Waals surface area contributed by atoms with Gasteiger partial charge in [-0.05, 0) is 42.7 Å². The summed E-state index contributed by atoms with van der Waals surface area (Å²) in [6.07, 6.45) is 1.03. The predicted octanol–water partition coefficient (Wildman–Crippen LogP) is 2.34. The quantitative estimate of drug-likeness (QED) is 0.559. The molecule has 3 aliphatic heterocycles. The summed E-state index contributed by atoms with van der Waals surface area (Å²) < 4.78 is 11.8. The minimum Gasteiger partial charge on any atom is -0.493 e. The van der Waals surface area contributed by atoms with Crippen LogP contribution in [0.5, 0.6) is 5.75 Å². The summed E-state index contributed by atoms with van der Waals surface area (Å²) in [5, 5.41) is 25.0. The van der Waals surface area contributed by atoms with Crippen molar-refractivity contribution in [3.05, 3.63) is 54.1 Å². The second kappa shape index (κ2) is 9.78. The number of nitrogens with zero attached hydrogens (tertiary/aromatic N) is 4. The highest BCUT2D eigenvalue weighted by molar-refractivity contribution is 5.88. The van der Waals surface area contributed by atoms with Crippen molar-refractivity contribution in [2.75, 3.05) is 50.8 Å². The number of piperidine rings is 1. The van der Waals surface area contributed by atoms with Gasteiger partial charge in [0.05, 0.1) is 24.2 Å². The van der Waals surface area contributed by atoms with Gasteiger partial charge < -0.3 is 24.4 Å². The molecule has 0 saturated carbocycles. The number of ether oxygens (including phenoxy) is 1. The van der Waals surface area contributed by atoms with Gasteiger partial charge >= 0.3 is 0 Å². The van der Waals surface area contributed by atoms with Crippen LogP contribution < -0.4 is 9.64 Å². The molecule has 6 rings (SSSR count). The summed E-state index contributed by atoms with van der Waals surface area (Å²) in [6, 6.07) is 16.8. The molecule has 0 aliphatic carbocycles. The molecule has 2 unspecified atom stereocenters. The number of hydrogen-bond donors (Lipinski definition) is 2. The number of benzene rings is 2. The zero-order valence-electron chi connectivity index (χ0n) is 20.0. The van der Waals surface area contributed by atoms with E-state index in [1.165, 1.54) is 6.42 Å². The van der Waals surface area contributed by atoms with Gasteiger partial charge in [0, 0.05) is 57.8 Å². The normalized spacial score (nSPS) is 27.9. The molecule has 2 aromatic carbocycles. The number of β-amino-alcohol motifs (C(OH)–C–C–N with tert-alkyl or cyclic N) is 2. The molecule has 8 heteroatoms. The summed E-state index contributed by atoms with van der Waals surface area (Å²) in [5.41, 5.74) is 1.99. The van der Waals surface area contributed by atoms with Gasteiger partial charge in [-0.3, -0.25) is 9.80 Å². The molecule has 4 atom stereocenters. The highest BCUT2D eigenvalue weighted by Gasteiger charge is 2.34. The van der Waals surface area contributed by atoms with E-state index < -0.39 is 12.2 Å². The van der Waals surface area contributed by atoms with E-state index in [9.17, 15) is 10.2 Å². The van der Waals surface area contributed by atoms with Crippen LogP contribution in [0.15, 0.2) is 53.1 Å². The van der Waals surface area contributed by atoms with Gasteiger partial charge in [-0.25, -0.2) is 0 Å². The number of aliphatic hydroxyl groups excluding tert-OH is 2. The minimum absolute atomic E-state index is 0.510. The van der Waals surface area contributed by atoms with Gasteiger partial charge in [-0.15, -0.1) is 0 Å². The Hall–Kier alpha value is -2.65. The first-order chi connectivity index (χ1) is 17.1. The van der Waals surface area contributed by atoms with Gasteiger partial charge in [0.15, 0.2) is 11.4 Å². The monoisotopic (exact) mass is 478 g/mol. The van der Waals surface area contributed by atoms with Crippen molar-refractivity contribution in [3.8, 4) is 5.75 Å². The Kier molecular flexibility index (Phi) is 6.37. The highest BCUT2D eigenvalue weighted by atomic mass is 16.5. The maximum atomic E-state index is 9.79. The van der Waals surface area contributed by atoms with E-state index in [1.807, 2.05) is 30.3 Å². The van der Waals surface area contributed by atoms with Crippen LogP contribution in [0.3, 0.4) is 0 Å². The molecule has 3 fully saturated rings. The van der Waals surface area contributed by atoms with Crippen LogP contribution >= 0.6 is 0 Å². The number of rotatable bonds is 6. The summed E-state index contributed by atoms with van der Waals surface area (Å²) >= 11 is 0. The van der Waals surface area contributed by atoms with Crippen molar-refractivity contribution in [1.29, 1.82) is 0 Å². The Morgan fingerprint density at radius 3 is 2.69 bits per heavy atom. The molecule has 0 bridgehead atoms. The van der Waals surface area contributed by atoms with Crippen LogP contribution in [0.1, 0.15) is 18.4 Å². The molecule has 35 heavy (non-hydrogen) atoms. The first-order valence-corrected chi connectivity index (χ1v) is 12.8. The van der Waals surface area contributed by atoms with Gasteiger partial charge in [-0.2, -0.15) is 0 Å². The molecule has 8 nitrogen and oxygen atoms in total.